The standard InChI is InChI=1S/C14H15NO2/c1-3-16-13-8-6-12(7-9-13)11(2)15-14-5-4-10-17-14/h4-10H,3H2,1-2H3/b15-11-. The zero-order chi connectivity index (χ0) is 12.1. The molecule has 3 heteroatoms. The third-order valence-electron chi connectivity index (χ3n) is 2.37. The first-order valence-electron chi connectivity index (χ1n) is 5.61. The lowest BCUT2D eigenvalue weighted by Crippen LogP contribution is -1.95. The summed E-state index contributed by atoms with van der Waals surface area (Å²) in [6.45, 7) is 4.61. The number of ether oxygens (including phenoxy) is 1. The second-order valence-electron chi connectivity index (χ2n) is 3.61. The molecule has 0 fully saturated rings. The van der Waals surface area contributed by atoms with Crippen LogP contribution in [0.15, 0.2) is 52.1 Å². The van der Waals surface area contributed by atoms with Crippen LogP contribution in [0.5, 0.6) is 5.75 Å². The number of benzene rings is 1. The Bertz CT molecular complexity index is 483. The summed E-state index contributed by atoms with van der Waals surface area (Å²) in [6.07, 6.45) is 1.62. The average molecular weight is 229 g/mol. The Morgan fingerprint density at radius 3 is 2.59 bits per heavy atom. The minimum atomic E-state index is 0.622. The molecule has 0 radical (unpaired) electrons. The van der Waals surface area contributed by atoms with Gasteiger partial charge in [-0.25, -0.2) is 4.99 Å². The van der Waals surface area contributed by atoms with Crippen molar-refractivity contribution in [2.45, 2.75) is 13.8 Å². The maximum absolute atomic E-state index is 5.39. The first-order valence-corrected chi connectivity index (χ1v) is 5.61. The second kappa shape index (κ2) is 5.34. The fourth-order valence-electron chi connectivity index (χ4n) is 1.52. The van der Waals surface area contributed by atoms with Crippen molar-refractivity contribution in [3.05, 3.63) is 48.2 Å². The van der Waals surface area contributed by atoms with E-state index in [-0.39, 0.29) is 0 Å². The molecule has 1 aromatic carbocycles. The predicted molar refractivity (Wildman–Crippen MR) is 68.2 cm³/mol. The van der Waals surface area contributed by atoms with E-state index in [0.717, 1.165) is 17.0 Å². The molecular formula is C14H15NO2. The van der Waals surface area contributed by atoms with E-state index in [1.54, 1.807) is 6.26 Å². The van der Waals surface area contributed by atoms with Crippen molar-refractivity contribution in [1.82, 2.24) is 0 Å². The molecule has 0 unspecified atom stereocenters. The van der Waals surface area contributed by atoms with E-state index < -0.39 is 0 Å². The Hall–Kier alpha value is -2.03. The third-order valence-corrected chi connectivity index (χ3v) is 2.37. The molecular weight excluding hydrogens is 214 g/mol. The quantitative estimate of drug-likeness (QED) is 0.747. The van der Waals surface area contributed by atoms with Gasteiger partial charge < -0.3 is 9.15 Å². The molecule has 0 aliphatic carbocycles. The second-order valence-corrected chi connectivity index (χ2v) is 3.61. The van der Waals surface area contributed by atoms with Crippen molar-refractivity contribution in [3.63, 3.8) is 0 Å². The molecule has 3 nitrogen and oxygen atoms in total. The molecule has 1 aromatic heterocycles. The first kappa shape index (κ1) is 11.5. The summed E-state index contributed by atoms with van der Waals surface area (Å²) in [5.41, 5.74) is 1.98. The molecule has 0 atom stereocenters. The molecule has 2 rings (SSSR count). The van der Waals surface area contributed by atoms with Crippen molar-refractivity contribution in [2.75, 3.05) is 6.61 Å². The molecule has 17 heavy (non-hydrogen) atoms. The van der Waals surface area contributed by atoms with Gasteiger partial charge in [0.05, 0.1) is 12.9 Å². The van der Waals surface area contributed by atoms with Crippen LogP contribution >= 0.6 is 0 Å². The van der Waals surface area contributed by atoms with Crippen LogP contribution in [0, 0.1) is 0 Å². The van der Waals surface area contributed by atoms with Gasteiger partial charge in [-0.05, 0) is 49.7 Å². The molecule has 0 amide bonds. The first-order chi connectivity index (χ1) is 8.29. The molecule has 1 heterocycles. The van der Waals surface area contributed by atoms with Crippen LogP contribution in [-0.4, -0.2) is 12.3 Å². The number of furan rings is 1. The van der Waals surface area contributed by atoms with E-state index >= 15 is 0 Å². The monoisotopic (exact) mass is 229 g/mol. The maximum Gasteiger partial charge on any atom is 0.218 e. The van der Waals surface area contributed by atoms with Crippen molar-refractivity contribution in [3.8, 4) is 5.75 Å². The molecule has 88 valence electrons. The van der Waals surface area contributed by atoms with Gasteiger partial charge in [0, 0.05) is 11.8 Å². The van der Waals surface area contributed by atoms with E-state index in [9.17, 15) is 0 Å². The van der Waals surface area contributed by atoms with Gasteiger partial charge in [0.2, 0.25) is 5.88 Å². The van der Waals surface area contributed by atoms with Gasteiger partial charge in [-0.15, -0.1) is 0 Å². The highest BCUT2D eigenvalue weighted by atomic mass is 16.5. The fourth-order valence-corrected chi connectivity index (χ4v) is 1.52. The topological polar surface area (TPSA) is 34.7 Å². The molecule has 2 aromatic rings. The predicted octanol–water partition coefficient (Wildman–Crippen LogP) is 3.82. The fraction of sp³-hybridized carbons (Fsp3) is 0.214. The van der Waals surface area contributed by atoms with Crippen LogP contribution in [0.1, 0.15) is 19.4 Å². The molecule has 0 saturated carbocycles. The van der Waals surface area contributed by atoms with Gasteiger partial charge in [-0.3, -0.25) is 0 Å². The van der Waals surface area contributed by atoms with Crippen molar-refractivity contribution < 1.29 is 9.15 Å². The number of hydrogen-bond donors (Lipinski definition) is 0. The van der Waals surface area contributed by atoms with E-state index in [4.69, 9.17) is 9.15 Å². The molecule has 0 saturated heterocycles. The highest BCUT2D eigenvalue weighted by Crippen LogP contribution is 2.16. The maximum atomic E-state index is 5.39. The van der Waals surface area contributed by atoms with Crippen LogP contribution in [-0.2, 0) is 0 Å². The summed E-state index contributed by atoms with van der Waals surface area (Å²) < 4.78 is 10.6. The van der Waals surface area contributed by atoms with Crippen molar-refractivity contribution in [1.29, 1.82) is 0 Å². The van der Waals surface area contributed by atoms with Crippen molar-refractivity contribution in [2.24, 2.45) is 4.99 Å². The van der Waals surface area contributed by atoms with Crippen LogP contribution in [0.3, 0.4) is 0 Å². The summed E-state index contributed by atoms with van der Waals surface area (Å²) in [5, 5.41) is 0. The average Bonchev–Trinajstić information content (AvgIpc) is 2.83. The molecule has 0 aliphatic rings. The number of hydrogen-bond acceptors (Lipinski definition) is 3. The summed E-state index contributed by atoms with van der Waals surface area (Å²) in [4.78, 5) is 4.37. The lowest BCUT2D eigenvalue weighted by molar-refractivity contribution is 0.340. The zero-order valence-electron chi connectivity index (χ0n) is 10.0. The summed E-state index contributed by atoms with van der Waals surface area (Å²) in [5.74, 6) is 1.50. The summed E-state index contributed by atoms with van der Waals surface area (Å²) in [6, 6.07) is 11.5. The van der Waals surface area contributed by atoms with Crippen LogP contribution in [0.2, 0.25) is 0 Å². The Morgan fingerprint density at radius 2 is 2.00 bits per heavy atom. The Balaban J connectivity index is 2.17. The van der Waals surface area contributed by atoms with E-state index in [1.807, 2.05) is 50.2 Å². The van der Waals surface area contributed by atoms with Gasteiger partial charge in [0.15, 0.2) is 0 Å². The van der Waals surface area contributed by atoms with Crippen LogP contribution < -0.4 is 4.74 Å². The van der Waals surface area contributed by atoms with Crippen LogP contribution in [0.25, 0.3) is 0 Å². The van der Waals surface area contributed by atoms with Gasteiger partial charge in [-0.1, -0.05) is 0 Å². The largest absolute Gasteiger partial charge is 0.494 e. The molecule has 0 aliphatic heterocycles. The summed E-state index contributed by atoms with van der Waals surface area (Å²) in [7, 11) is 0. The molecule has 0 spiro atoms. The third kappa shape index (κ3) is 2.97. The van der Waals surface area contributed by atoms with Gasteiger partial charge >= 0.3 is 0 Å². The highest BCUT2D eigenvalue weighted by Gasteiger charge is 2.00. The highest BCUT2D eigenvalue weighted by molar-refractivity contribution is 5.99. The number of aliphatic imine (C=N–C) groups is 1. The lowest BCUT2D eigenvalue weighted by atomic mass is 10.1. The molecule has 0 N–H and O–H groups in total. The van der Waals surface area contributed by atoms with Crippen molar-refractivity contribution >= 4 is 11.6 Å². The SMILES string of the molecule is CCOc1ccc(/C(C)=N\c2ccco2)cc1. The van der Waals surface area contributed by atoms with E-state index in [0.29, 0.717) is 12.5 Å². The zero-order valence-corrected chi connectivity index (χ0v) is 10.0. The molecule has 0 bridgehead atoms. The van der Waals surface area contributed by atoms with Gasteiger partial charge in [0.1, 0.15) is 5.75 Å². The van der Waals surface area contributed by atoms with E-state index in [1.165, 1.54) is 0 Å². The number of rotatable bonds is 4. The number of nitrogens with zero attached hydrogens (tertiary/aromatic N) is 1. The Labute approximate surface area is 101 Å². The van der Waals surface area contributed by atoms with Gasteiger partial charge in [-0.2, -0.15) is 0 Å². The minimum absolute atomic E-state index is 0.622. The Morgan fingerprint density at radius 1 is 1.24 bits per heavy atom. The smallest absolute Gasteiger partial charge is 0.218 e. The van der Waals surface area contributed by atoms with Gasteiger partial charge in [0.25, 0.3) is 0 Å². The lowest BCUT2D eigenvalue weighted by Gasteiger charge is -2.04. The minimum Gasteiger partial charge on any atom is -0.494 e. The Kier molecular flexibility index (Phi) is 3.60. The normalized spacial score (nSPS) is 11.5. The van der Waals surface area contributed by atoms with Crippen LogP contribution in [0.4, 0.5) is 5.88 Å². The van der Waals surface area contributed by atoms with E-state index in [2.05, 4.69) is 4.99 Å². The summed E-state index contributed by atoms with van der Waals surface area (Å²) >= 11 is 0.